The lowest BCUT2D eigenvalue weighted by Crippen LogP contribution is -2.21. The molecule has 0 amide bonds. The molecule has 0 aromatic carbocycles. The van der Waals surface area contributed by atoms with Crippen molar-refractivity contribution in [2.24, 2.45) is 0 Å². The summed E-state index contributed by atoms with van der Waals surface area (Å²) in [5, 5.41) is 0. The minimum Gasteiger partial charge on any atom is -0.366 e. The second-order valence-electron chi connectivity index (χ2n) is 3.99. The second kappa shape index (κ2) is 4.56. The molecule has 1 aliphatic heterocycles. The van der Waals surface area contributed by atoms with Gasteiger partial charge in [0.2, 0.25) is 0 Å². The molecule has 2 rings (SSSR count). The van der Waals surface area contributed by atoms with Gasteiger partial charge in [0.15, 0.2) is 5.78 Å². The van der Waals surface area contributed by atoms with Crippen molar-refractivity contribution in [1.29, 1.82) is 0 Å². The Labute approximate surface area is 84.6 Å². The van der Waals surface area contributed by atoms with Crippen LogP contribution in [0, 0.1) is 0 Å². The van der Waals surface area contributed by atoms with Crippen LogP contribution >= 0.6 is 0 Å². The van der Waals surface area contributed by atoms with E-state index in [2.05, 4.69) is 6.08 Å². The van der Waals surface area contributed by atoms with E-state index in [1.165, 1.54) is 31.3 Å². The molecule has 0 spiro atoms. The highest BCUT2D eigenvalue weighted by Crippen LogP contribution is 2.23. The van der Waals surface area contributed by atoms with E-state index in [9.17, 15) is 4.79 Å². The van der Waals surface area contributed by atoms with Crippen LogP contribution in [0.5, 0.6) is 0 Å². The molecule has 0 radical (unpaired) electrons. The molecule has 2 aliphatic rings. The standard InChI is InChI=1S/C12H16O2/c13-11-6-7-12(14-9-11)8-10-4-2-1-3-5-10/h4,6-7,12H,1-3,5,8-9H2/t12-/m0/s1. The zero-order valence-electron chi connectivity index (χ0n) is 8.37. The third-order valence-electron chi connectivity index (χ3n) is 2.78. The van der Waals surface area contributed by atoms with Crippen LogP contribution in [0.3, 0.4) is 0 Å². The maximum atomic E-state index is 10.9. The van der Waals surface area contributed by atoms with Gasteiger partial charge in [0, 0.05) is 0 Å². The van der Waals surface area contributed by atoms with Crippen molar-refractivity contribution in [3.8, 4) is 0 Å². The second-order valence-corrected chi connectivity index (χ2v) is 3.99. The van der Waals surface area contributed by atoms with Crippen molar-refractivity contribution >= 4 is 5.78 Å². The van der Waals surface area contributed by atoms with Crippen LogP contribution in [-0.4, -0.2) is 18.5 Å². The molecule has 0 fully saturated rings. The maximum absolute atomic E-state index is 10.9. The van der Waals surface area contributed by atoms with Crippen LogP contribution in [0.2, 0.25) is 0 Å². The Morgan fingerprint density at radius 1 is 1.43 bits per heavy atom. The summed E-state index contributed by atoms with van der Waals surface area (Å²) in [4.78, 5) is 10.9. The van der Waals surface area contributed by atoms with Gasteiger partial charge in [-0.05, 0) is 38.2 Å². The van der Waals surface area contributed by atoms with Gasteiger partial charge in [-0.2, -0.15) is 0 Å². The number of ketones is 1. The average Bonchev–Trinajstić information content (AvgIpc) is 2.23. The van der Waals surface area contributed by atoms with E-state index in [4.69, 9.17) is 4.74 Å². The van der Waals surface area contributed by atoms with Gasteiger partial charge in [-0.15, -0.1) is 0 Å². The molecular weight excluding hydrogens is 176 g/mol. The Hall–Kier alpha value is -0.890. The lowest BCUT2D eigenvalue weighted by atomic mass is 9.94. The average molecular weight is 192 g/mol. The number of hydrogen-bond donors (Lipinski definition) is 0. The van der Waals surface area contributed by atoms with Gasteiger partial charge in [-0.3, -0.25) is 4.79 Å². The zero-order valence-corrected chi connectivity index (χ0v) is 8.37. The first-order valence-corrected chi connectivity index (χ1v) is 5.35. The highest BCUT2D eigenvalue weighted by Gasteiger charge is 2.15. The first-order valence-electron chi connectivity index (χ1n) is 5.35. The summed E-state index contributed by atoms with van der Waals surface area (Å²) in [7, 11) is 0. The van der Waals surface area contributed by atoms with Crippen LogP contribution in [0.15, 0.2) is 23.8 Å². The fourth-order valence-corrected chi connectivity index (χ4v) is 1.98. The summed E-state index contributed by atoms with van der Waals surface area (Å²) in [5.41, 5.74) is 1.50. The van der Waals surface area contributed by atoms with E-state index in [1.54, 1.807) is 6.08 Å². The van der Waals surface area contributed by atoms with Gasteiger partial charge in [0.25, 0.3) is 0 Å². The molecule has 0 bridgehead atoms. The molecule has 14 heavy (non-hydrogen) atoms. The molecule has 0 aromatic rings. The van der Waals surface area contributed by atoms with Gasteiger partial charge in [0.1, 0.15) is 6.61 Å². The summed E-state index contributed by atoms with van der Waals surface area (Å²) in [6, 6.07) is 0. The fourth-order valence-electron chi connectivity index (χ4n) is 1.98. The SMILES string of the molecule is O=C1C=C[C@@H](CC2=CCCCC2)OC1. The van der Waals surface area contributed by atoms with E-state index < -0.39 is 0 Å². The molecule has 0 unspecified atom stereocenters. The van der Waals surface area contributed by atoms with Crippen molar-refractivity contribution < 1.29 is 9.53 Å². The molecule has 0 aromatic heterocycles. The van der Waals surface area contributed by atoms with E-state index in [1.807, 2.05) is 6.08 Å². The molecule has 1 heterocycles. The Bertz CT molecular complexity index is 276. The molecule has 76 valence electrons. The van der Waals surface area contributed by atoms with Gasteiger partial charge in [-0.25, -0.2) is 0 Å². The lowest BCUT2D eigenvalue weighted by Gasteiger charge is -2.20. The van der Waals surface area contributed by atoms with E-state index in [0.29, 0.717) is 0 Å². The molecular formula is C12H16O2. The highest BCUT2D eigenvalue weighted by atomic mass is 16.5. The lowest BCUT2D eigenvalue weighted by molar-refractivity contribution is -0.121. The number of allylic oxidation sites excluding steroid dienone is 1. The van der Waals surface area contributed by atoms with Gasteiger partial charge < -0.3 is 4.74 Å². The number of rotatable bonds is 2. The largest absolute Gasteiger partial charge is 0.366 e. The van der Waals surface area contributed by atoms with Gasteiger partial charge in [0.05, 0.1) is 6.10 Å². The summed E-state index contributed by atoms with van der Waals surface area (Å²) in [6.45, 7) is 0.258. The number of carbonyl (C=O) groups excluding carboxylic acids is 1. The Balaban J connectivity index is 1.88. The molecule has 1 aliphatic carbocycles. The zero-order chi connectivity index (χ0) is 9.80. The minimum atomic E-state index is 0.0823. The number of carbonyl (C=O) groups is 1. The van der Waals surface area contributed by atoms with Crippen LogP contribution in [0.1, 0.15) is 32.1 Å². The van der Waals surface area contributed by atoms with Crippen molar-refractivity contribution in [3.63, 3.8) is 0 Å². The van der Waals surface area contributed by atoms with E-state index >= 15 is 0 Å². The first-order chi connectivity index (χ1) is 6.84. The predicted molar refractivity (Wildman–Crippen MR) is 55.1 cm³/mol. The summed E-state index contributed by atoms with van der Waals surface area (Å²) in [6.07, 6.45) is 12.0. The monoisotopic (exact) mass is 192 g/mol. The van der Waals surface area contributed by atoms with E-state index in [0.717, 1.165) is 6.42 Å². The Morgan fingerprint density at radius 2 is 2.36 bits per heavy atom. The number of hydrogen-bond acceptors (Lipinski definition) is 2. The third kappa shape index (κ3) is 2.55. The van der Waals surface area contributed by atoms with Crippen LogP contribution in [0.25, 0.3) is 0 Å². The molecule has 0 N–H and O–H groups in total. The van der Waals surface area contributed by atoms with E-state index in [-0.39, 0.29) is 18.5 Å². The maximum Gasteiger partial charge on any atom is 0.181 e. The first kappa shape index (κ1) is 9.66. The van der Waals surface area contributed by atoms with Crippen molar-refractivity contribution in [1.82, 2.24) is 0 Å². The van der Waals surface area contributed by atoms with Crippen LogP contribution in [0.4, 0.5) is 0 Å². The van der Waals surface area contributed by atoms with Gasteiger partial charge in [-0.1, -0.05) is 17.7 Å². The topological polar surface area (TPSA) is 26.3 Å². The molecule has 1 atom stereocenters. The Morgan fingerprint density at radius 3 is 3.00 bits per heavy atom. The summed E-state index contributed by atoms with van der Waals surface area (Å²) >= 11 is 0. The molecule has 0 saturated carbocycles. The normalized spacial score (nSPS) is 27.6. The smallest absolute Gasteiger partial charge is 0.181 e. The Kier molecular flexibility index (Phi) is 3.14. The van der Waals surface area contributed by atoms with Gasteiger partial charge >= 0.3 is 0 Å². The third-order valence-corrected chi connectivity index (χ3v) is 2.78. The van der Waals surface area contributed by atoms with Crippen molar-refractivity contribution in [2.45, 2.75) is 38.2 Å². The highest BCUT2D eigenvalue weighted by molar-refractivity contribution is 5.91. The summed E-state index contributed by atoms with van der Waals surface area (Å²) < 4.78 is 5.42. The number of ether oxygens (including phenoxy) is 1. The van der Waals surface area contributed by atoms with Crippen LogP contribution in [-0.2, 0) is 9.53 Å². The summed E-state index contributed by atoms with van der Waals surface area (Å²) in [5.74, 6) is 0.0823. The van der Waals surface area contributed by atoms with Crippen molar-refractivity contribution in [2.75, 3.05) is 6.61 Å². The predicted octanol–water partition coefficient (Wildman–Crippen LogP) is 2.40. The quantitative estimate of drug-likeness (QED) is 0.628. The molecule has 0 saturated heterocycles. The fraction of sp³-hybridized carbons (Fsp3) is 0.583. The van der Waals surface area contributed by atoms with Crippen molar-refractivity contribution in [3.05, 3.63) is 23.8 Å². The molecule has 2 heteroatoms. The van der Waals surface area contributed by atoms with Crippen LogP contribution < -0.4 is 0 Å². The molecule has 2 nitrogen and oxygen atoms in total. The minimum absolute atomic E-state index is 0.0823.